The number of nitrogens with one attached hydrogen (secondary N) is 3. The van der Waals surface area contributed by atoms with Gasteiger partial charge in [0, 0.05) is 11.6 Å². The average molecular weight is 513 g/mol. The summed E-state index contributed by atoms with van der Waals surface area (Å²) in [7, 11) is 0. The van der Waals surface area contributed by atoms with Gasteiger partial charge in [-0.1, -0.05) is 41.9 Å². The monoisotopic (exact) mass is 512 g/mol. The van der Waals surface area contributed by atoms with E-state index in [-0.39, 0.29) is 29.0 Å². The second-order valence-corrected chi connectivity index (χ2v) is 9.96. The van der Waals surface area contributed by atoms with Gasteiger partial charge in [-0.2, -0.15) is 5.10 Å². The maximum atomic E-state index is 13.6. The molecule has 0 radical (unpaired) electrons. The molecule has 3 aliphatic carbocycles. The van der Waals surface area contributed by atoms with Crippen molar-refractivity contribution in [3.63, 3.8) is 0 Å². The van der Waals surface area contributed by atoms with Crippen LogP contribution in [0.5, 0.6) is 5.75 Å². The third-order valence-corrected chi connectivity index (χ3v) is 7.55. The van der Waals surface area contributed by atoms with E-state index < -0.39 is 28.9 Å². The Bertz CT molecular complexity index is 1270. The smallest absolute Gasteiger partial charge is 0.272 e. The predicted molar refractivity (Wildman–Crippen MR) is 131 cm³/mol. The van der Waals surface area contributed by atoms with Crippen LogP contribution in [0.4, 0.5) is 4.39 Å². The second-order valence-electron chi connectivity index (χ2n) is 9.56. The Kier molecular flexibility index (Phi) is 6.44. The van der Waals surface area contributed by atoms with Crippen LogP contribution in [-0.2, 0) is 4.79 Å². The van der Waals surface area contributed by atoms with Crippen LogP contribution >= 0.6 is 11.6 Å². The van der Waals surface area contributed by atoms with Gasteiger partial charge in [-0.3, -0.25) is 14.7 Å². The molecule has 3 fully saturated rings. The standard InChI is InChI=1S/C26H26ClFN4O4/c27-18-7-6-17(12-19(18)28)36-15-23(34)29-26-10-8-25(9-11-26,14-22(26)33)30-24(35)21-13-20(31-32-21)16-4-2-1-3-5-16/h1-7,12-13,22,33H,8-11,14-15H2,(H,29,34)(H,30,35)(H,31,32)/t22-,25?,26?/m0/s1. The van der Waals surface area contributed by atoms with E-state index in [1.54, 1.807) is 6.07 Å². The Hall–Kier alpha value is -3.43. The van der Waals surface area contributed by atoms with Gasteiger partial charge in [0.15, 0.2) is 12.3 Å². The third kappa shape index (κ3) is 4.81. The number of aliphatic hydroxyl groups is 1. The fraction of sp³-hybridized carbons (Fsp3) is 0.346. The molecule has 3 aromatic rings. The molecule has 0 aliphatic heterocycles. The van der Waals surface area contributed by atoms with Gasteiger partial charge in [0.25, 0.3) is 11.8 Å². The molecule has 3 saturated carbocycles. The van der Waals surface area contributed by atoms with E-state index >= 15 is 0 Å². The Morgan fingerprint density at radius 1 is 1.11 bits per heavy atom. The topological polar surface area (TPSA) is 116 Å². The second kappa shape index (κ2) is 9.55. The number of aromatic nitrogens is 2. The minimum absolute atomic E-state index is 0.0299. The zero-order chi connectivity index (χ0) is 25.3. The van der Waals surface area contributed by atoms with E-state index in [1.165, 1.54) is 12.1 Å². The van der Waals surface area contributed by atoms with Gasteiger partial charge in [-0.05, 0) is 55.9 Å². The molecule has 1 heterocycles. The lowest BCUT2D eigenvalue weighted by Gasteiger charge is -2.56. The molecule has 0 unspecified atom stereocenters. The molecule has 10 heteroatoms. The number of nitrogens with zero attached hydrogens (tertiary/aromatic N) is 1. The maximum absolute atomic E-state index is 13.6. The number of aromatic amines is 1. The number of rotatable bonds is 7. The molecule has 0 saturated heterocycles. The summed E-state index contributed by atoms with van der Waals surface area (Å²) in [5, 5.41) is 24.0. The van der Waals surface area contributed by atoms with E-state index in [4.69, 9.17) is 16.3 Å². The molecule has 2 bridgehead atoms. The van der Waals surface area contributed by atoms with E-state index in [2.05, 4.69) is 20.8 Å². The molecule has 3 aliphatic rings. The molecule has 188 valence electrons. The van der Waals surface area contributed by atoms with E-state index in [0.29, 0.717) is 32.1 Å². The SMILES string of the molecule is O=C(COc1ccc(Cl)c(F)c1)NC12CCC(NC(=O)c3cc(-c4ccccc4)[nH]n3)(CC1)C[C@@H]2O. The number of hydrogen-bond donors (Lipinski definition) is 4. The Morgan fingerprint density at radius 3 is 2.56 bits per heavy atom. The number of ether oxygens (including phenoxy) is 1. The molecule has 2 aromatic carbocycles. The van der Waals surface area contributed by atoms with Crippen molar-refractivity contribution in [2.24, 2.45) is 0 Å². The molecule has 0 spiro atoms. The first-order chi connectivity index (χ1) is 17.3. The zero-order valence-corrected chi connectivity index (χ0v) is 20.1. The molecule has 8 nitrogen and oxygen atoms in total. The molecule has 1 atom stereocenters. The summed E-state index contributed by atoms with van der Waals surface area (Å²) >= 11 is 5.66. The third-order valence-electron chi connectivity index (χ3n) is 7.24. The fourth-order valence-electron chi connectivity index (χ4n) is 5.20. The van der Waals surface area contributed by atoms with Crippen LogP contribution in [0.2, 0.25) is 5.02 Å². The lowest BCUT2D eigenvalue weighted by Crippen LogP contribution is -2.70. The number of amides is 2. The molecule has 4 N–H and O–H groups in total. The minimum Gasteiger partial charge on any atom is -0.484 e. The van der Waals surface area contributed by atoms with E-state index in [0.717, 1.165) is 17.3 Å². The highest BCUT2D eigenvalue weighted by Crippen LogP contribution is 2.47. The van der Waals surface area contributed by atoms with Crippen molar-refractivity contribution in [2.75, 3.05) is 6.61 Å². The molecule has 6 rings (SSSR count). The molecule has 2 amide bonds. The van der Waals surface area contributed by atoms with Crippen LogP contribution in [0.3, 0.4) is 0 Å². The van der Waals surface area contributed by atoms with Crippen LogP contribution in [0.15, 0.2) is 54.6 Å². The van der Waals surface area contributed by atoms with E-state index in [9.17, 15) is 19.1 Å². The number of fused-ring (bicyclic) bond motifs is 3. The summed E-state index contributed by atoms with van der Waals surface area (Å²) in [6, 6.07) is 15.3. The van der Waals surface area contributed by atoms with E-state index in [1.807, 2.05) is 30.3 Å². The Labute approximate surface area is 212 Å². The van der Waals surface area contributed by atoms with Crippen LogP contribution in [-0.4, -0.2) is 50.9 Å². The highest BCUT2D eigenvalue weighted by atomic mass is 35.5. The number of benzene rings is 2. The summed E-state index contributed by atoms with van der Waals surface area (Å²) < 4.78 is 19.0. The van der Waals surface area contributed by atoms with Crippen LogP contribution < -0.4 is 15.4 Å². The van der Waals surface area contributed by atoms with Gasteiger partial charge in [-0.25, -0.2) is 4.39 Å². The van der Waals surface area contributed by atoms with Gasteiger partial charge in [0.2, 0.25) is 0 Å². The first-order valence-electron chi connectivity index (χ1n) is 11.8. The summed E-state index contributed by atoms with van der Waals surface area (Å²) in [6.07, 6.45) is 1.70. The van der Waals surface area contributed by atoms with Gasteiger partial charge < -0.3 is 20.5 Å². The number of carbonyl (C=O) groups is 2. The largest absolute Gasteiger partial charge is 0.484 e. The quantitative estimate of drug-likeness (QED) is 0.386. The van der Waals surface area contributed by atoms with Crippen molar-refractivity contribution in [3.05, 3.63) is 71.1 Å². The van der Waals surface area contributed by atoms with Gasteiger partial charge in [0.05, 0.1) is 22.4 Å². The lowest BCUT2D eigenvalue weighted by atomic mass is 9.60. The summed E-state index contributed by atoms with van der Waals surface area (Å²) in [5.74, 6) is -1.16. The first-order valence-corrected chi connectivity index (χ1v) is 12.2. The van der Waals surface area contributed by atoms with Gasteiger partial charge in [0.1, 0.15) is 11.6 Å². The van der Waals surface area contributed by atoms with Crippen LogP contribution in [0.1, 0.15) is 42.6 Å². The molecular formula is C26H26ClFN4O4. The van der Waals surface area contributed by atoms with Gasteiger partial charge >= 0.3 is 0 Å². The van der Waals surface area contributed by atoms with Crippen molar-refractivity contribution in [3.8, 4) is 17.0 Å². The molecule has 1 aromatic heterocycles. The number of H-pyrrole nitrogens is 1. The van der Waals surface area contributed by atoms with Gasteiger partial charge in [-0.15, -0.1) is 0 Å². The number of hydrogen-bond acceptors (Lipinski definition) is 5. The van der Waals surface area contributed by atoms with Crippen molar-refractivity contribution in [2.45, 2.75) is 49.3 Å². The first kappa shape index (κ1) is 24.3. The maximum Gasteiger partial charge on any atom is 0.272 e. The van der Waals surface area contributed by atoms with Crippen molar-refractivity contribution in [1.29, 1.82) is 0 Å². The highest BCUT2D eigenvalue weighted by molar-refractivity contribution is 6.30. The summed E-state index contributed by atoms with van der Waals surface area (Å²) in [6.45, 7) is -0.319. The lowest BCUT2D eigenvalue weighted by molar-refractivity contribution is -0.132. The minimum atomic E-state index is -0.837. The van der Waals surface area contributed by atoms with Crippen LogP contribution in [0, 0.1) is 5.82 Å². The van der Waals surface area contributed by atoms with Crippen molar-refractivity contribution in [1.82, 2.24) is 20.8 Å². The average Bonchev–Trinajstić information content (AvgIpc) is 3.37. The number of aliphatic hydroxyl groups excluding tert-OH is 1. The van der Waals surface area contributed by atoms with Crippen LogP contribution in [0.25, 0.3) is 11.3 Å². The number of carbonyl (C=O) groups excluding carboxylic acids is 2. The molecular weight excluding hydrogens is 487 g/mol. The summed E-state index contributed by atoms with van der Waals surface area (Å²) in [5.41, 5.74) is 0.607. The Balaban J connectivity index is 1.18. The summed E-state index contributed by atoms with van der Waals surface area (Å²) in [4.78, 5) is 25.5. The predicted octanol–water partition coefficient (Wildman–Crippen LogP) is 3.61. The highest BCUT2D eigenvalue weighted by Gasteiger charge is 2.55. The molecule has 36 heavy (non-hydrogen) atoms. The Morgan fingerprint density at radius 2 is 1.86 bits per heavy atom. The van der Waals surface area contributed by atoms with Crippen molar-refractivity contribution < 1.29 is 23.8 Å². The normalized spacial score (nSPS) is 24.8. The zero-order valence-electron chi connectivity index (χ0n) is 19.4. The van der Waals surface area contributed by atoms with Crippen molar-refractivity contribution >= 4 is 23.4 Å². The number of halogens is 2. The fourth-order valence-corrected chi connectivity index (χ4v) is 5.32.